The van der Waals surface area contributed by atoms with Gasteiger partial charge in [0.05, 0.1) is 16.1 Å². The summed E-state index contributed by atoms with van der Waals surface area (Å²) >= 11 is 1.50. The van der Waals surface area contributed by atoms with E-state index in [0.717, 1.165) is 26.4 Å². The molecular formula is C21H14N4OS. The Morgan fingerprint density at radius 3 is 2.44 bits per heavy atom. The van der Waals surface area contributed by atoms with Gasteiger partial charge in [-0.2, -0.15) is 0 Å². The second-order valence-electron chi connectivity index (χ2n) is 6.04. The SMILES string of the molecule is O=c1[nH]c2ncccc2n2/c(=N/c3ccccc3)sc(-c3ccccc3)c12. The van der Waals surface area contributed by atoms with Crippen LogP contribution in [0, 0.1) is 0 Å². The summed E-state index contributed by atoms with van der Waals surface area (Å²) in [7, 11) is 0. The molecule has 3 aromatic heterocycles. The van der Waals surface area contributed by atoms with Crippen LogP contribution in [0.5, 0.6) is 0 Å². The number of benzene rings is 2. The van der Waals surface area contributed by atoms with Crippen molar-refractivity contribution in [3.63, 3.8) is 0 Å². The van der Waals surface area contributed by atoms with Crippen molar-refractivity contribution < 1.29 is 0 Å². The lowest BCUT2D eigenvalue weighted by molar-refractivity contribution is 1.09. The van der Waals surface area contributed by atoms with E-state index in [1.54, 1.807) is 6.20 Å². The van der Waals surface area contributed by atoms with Crippen molar-refractivity contribution >= 4 is 33.7 Å². The quantitative estimate of drug-likeness (QED) is 0.508. The van der Waals surface area contributed by atoms with E-state index in [0.29, 0.717) is 11.2 Å². The van der Waals surface area contributed by atoms with Crippen LogP contribution >= 0.6 is 11.3 Å². The fourth-order valence-electron chi connectivity index (χ4n) is 3.12. The predicted molar refractivity (Wildman–Crippen MR) is 108 cm³/mol. The smallest absolute Gasteiger partial charge is 0.275 e. The van der Waals surface area contributed by atoms with Crippen LogP contribution in [0.2, 0.25) is 0 Å². The van der Waals surface area contributed by atoms with Crippen LogP contribution in [0.25, 0.3) is 27.1 Å². The highest BCUT2D eigenvalue weighted by Crippen LogP contribution is 2.27. The first-order valence-corrected chi connectivity index (χ1v) is 9.31. The van der Waals surface area contributed by atoms with Gasteiger partial charge in [-0.25, -0.2) is 9.98 Å². The molecule has 6 heteroatoms. The number of thiazole rings is 1. The zero-order valence-corrected chi connectivity index (χ0v) is 15.0. The summed E-state index contributed by atoms with van der Waals surface area (Å²) in [6.45, 7) is 0. The van der Waals surface area contributed by atoms with E-state index < -0.39 is 0 Å². The molecule has 5 nitrogen and oxygen atoms in total. The van der Waals surface area contributed by atoms with Gasteiger partial charge in [0.15, 0.2) is 10.4 Å². The molecule has 5 aromatic rings. The fourth-order valence-corrected chi connectivity index (χ4v) is 4.27. The molecule has 27 heavy (non-hydrogen) atoms. The van der Waals surface area contributed by atoms with Crippen molar-refractivity contribution in [3.8, 4) is 10.4 Å². The van der Waals surface area contributed by atoms with Crippen LogP contribution < -0.4 is 10.4 Å². The second-order valence-corrected chi connectivity index (χ2v) is 7.01. The lowest BCUT2D eigenvalue weighted by Crippen LogP contribution is -2.17. The normalized spacial score (nSPS) is 12.1. The maximum Gasteiger partial charge on any atom is 0.275 e. The third kappa shape index (κ3) is 2.67. The van der Waals surface area contributed by atoms with E-state index in [1.807, 2.05) is 77.2 Å². The van der Waals surface area contributed by atoms with Gasteiger partial charge < -0.3 is 4.98 Å². The maximum atomic E-state index is 12.9. The molecule has 0 fully saturated rings. The van der Waals surface area contributed by atoms with Gasteiger partial charge in [-0.15, -0.1) is 0 Å². The number of nitrogens with one attached hydrogen (secondary N) is 1. The molecule has 0 aliphatic carbocycles. The van der Waals surface area contributed by atoms with Gasteiger partial charge in [0.2, 0.25) is 0 Å². The number of aromatic amines is 1. The molecule has 0 aliphatic heterocycles. The molecule has 1 N–H and O–H groups in total. The van der Waals surface area contributed by atoms with E-state index in [2.05, 4.69) is 9.97 Å². The van der Waals surface area contributed by atoms with Crippen molar-refractivity contribution in [1.29, 1.82) is 0 Å². The highest BCUT2D eigenvalue weighted by molar-refractivity contribution is 7.13. The van der Waals surface area contributed by atoms with Crippen LogP contribution in [-0.2, 0) is 0 Å². The number of hydrogen-bond acceptors (Lipinski definition) is 4. The number of nitrogens with zero attached hydrogens (tertiary/aromatic N) is 3. The number of fused-ring (bicyclic) bond motifs is 3. The van der Waals surface area contributed by atoms with Gasteiger partial charge in [0, 0.05) is 6.20 Å². The van der Waals surface area contributed by atoms with Crippen LogP contribution in [-0.4, -0.2) is 14.4 Å². The Morgan fingerprint density at radius 1 is 0.926 bits per heavy atom. The molecular weight excluding hydrogens is 356 g/mol. The fraction of sp³-hybridized carbons (Fsp3) is 0. The average molecular weight is 370 g/mol. The summed E-state index contributed by atoms with van der Waals surface area (Å²) in [4.78, 5) is 26.5. The highest BCUT2D eigenvalue weighted by Gasteiger charge is 2.16. The summed E-state index contributed by atoms with van der Waals surface area (Å²) < 4.78 is 1.90. The Labute approximate surface area is 157 Å². The molecule has 3 heterocycles. The van der Waals surface area contributed by atoms with E-state index >= 15 is 0 Å². The van der Waals surface area contributed by atoms with Crippen LogP contribution in [0.3, 0.4) is 0 Å². The van der Waals surface area contributed by atoms with Crippen molar-refractivity contribution in [2.24, 2.45) is 4.99 Å². The van der Waals surface area contributed by atoms with Gasteiger partial charge in [-0.1, -0.05) is 59.9 Å². The van der Waals surface area contributed by atoms with Crippen LogP contribution in [0.1, 0.15) is 0 Å². The molecule has 0 bridgehead atoms. The number of para-hydroxylation sites is 1. The van der Waals surface area contributed by atoms with Gasteiger partial charge >= 0.3 is 0 Å². The minimum Gasteiger partial charge on any atom is -0.303 e. The van der Waals surface area contributed by atoms with E-state index in [9.17, 15) is 4.79 Å². The monoisotopic (exact) mass is 370 g/mol. The molecule has 0 radical (unpaired) electrons. The molecule has 0 amide bonds. The molecule has 0 saturated carbocycles. The Hall–Kier alpha value is -3.51. The zero-order valence-electron chi connectivity index (χ0n) is 14.2. The van der Waals surface area contributed by atoms with Crippen LogP contribution in [0.15, 0.2) is 88.8 Å². The third-order valence-electron chi connectivity index (χ3n) is 4.31. The Balaban J connectivity index is 1.98. The average Bonchev–Trinajstić information content (AvgIpc) is 3.10. The van der Waals surface area contributed by atoms with Crippen molar-refractivity contribution in [2.45, 2.75) is 0 Å². The molecule has 0 atom stereocenters. The standard InChI is InChI=1S/C21H14N4OS/c26-20-17-18(14-8-3-1-4-9-14)27-21(23-15-10-5-2-6-11-15)25(17)16-12-7-13-22-19(16)24-20/h1-13H,(H,22,24,26)/b23-21-. The zero-order chi connectivity index (χ0) is 18.2. The molecule has 0 aliphatic rings. The minimum atomic E-state index is -0.175. The number of aromatic nitrogens is 3. The summed E-state index contributed by atoms with van der Waals surface area (Å²) in [5.41, 5.74) is 3.60. The van der Waals surface area contributed by atoms with Crippen molar-refractivity contribution in [2.75, 3.05) is 0 Å². The van der Waals surface area contributed by atoms with Crippen molar-refractivity contribution in [1.82, 2.24) is 14.4 Å². The lowest BCUT2D eigenvalue weighted by atomic mass is 10.2. The Morgan fingerprint density at radius 2 is 1.67 bits per heavy atom. The lowest BCUT2D eigenvalue weighted by Gasteiger charge is -2.03. The second kappa shape index (κ2) is 6.34. The summed E-state index contributed by atoms with van der Waals surface area (Å²) in [5.74, 6) is 0. The molecule has 2 aromatic carbocycles. The molecule has 0 saturated heterocycles. The number of rotatable bonds is 2. The largest absolute Gasteiger partial charge is 0.303 e. The Bertz CT molecular complexity index is 1380. The first-order valence-electron chi connectivity index (χ1n) is 8.49. The van der Waals surface area contributed by atoms with Crippen LogP contribution in [0.4, 0.5) is 5.69 Å². The Kier molecular flexibility index (Phi) is 3.69. The number of H-pyrrole nitrogens is 1. The summed E-state index contributed by atoms with van der Waals surface area (Å²) in [6.07, 6.45) is 1.67. The van der Waals surface area contributed by atoms with E-state index in [-0.39, 0.29) is 5.56 Å². The maximum absolute atomic E-state index is 12.9. The summed E-state index contributed by atoms with van der Waals surface area (Å²) in [6, 6.07) is 23.5. The summed E-state index contributed by atoms with van der Waals surface area (Å²) in [5, 5.41) is 0. The highest BCUT2D eigenvalue weighted by atomic mass is 32.1. The molecule has 5 rings (SSSR count). The topological polar surface area (TPSA) is 62.5 Å². The third-order valence-corrected chi connectivity index (χ3v) is 5.40. The molecule has 0 unspecified atom stereocenters. The van der Waals surface area contributed by atoms with Gasteiger partial charge in [-0.05, 0) is 29.8 Å². The van der Waals surface area contributed by atoms with Crippen molar-refractivity contribution in [3.05, 3.63) is 94.1 Å². The van der Waals surface area contributed by atoms with E-state index in [1.165, 1.54) is 11.3 Å². The predicted octanol–water partition coefficient (Wildman–Crippen LogP) is 4.14. The van der Waals surface area contributed by atoms with Gasteiger partial charge in [0.1, 0.15) is 5.52 Å². The first-order chi connectivity index (χ1) is 13.3. The van der Waals surface area contributed by atoms with E-state index in [4.69, 9.17) is 4.99 Å². The molecule has 130 valence electrons. The number of pyridine rings is 1. The first kappa shape index (κ1) is 15.7. The number of hydrogen-bond donors (Lipinski definition) is 1. The van der Waals surface area contributed by atoms with Gasteiger partial charge in [0.25, 0.3) is 5.56 Å². The minimum absolute atomic E-state index is 0.175. The molecule has 0 spiro atoms. The van der Waals surface area contributed by atoms with Gasteiger partial charge in [-0.3, -0.25) is 9.20 Å².